The third-order valence-electron chi connectivity index (χ3n) is 4.47. The second kappa shape index (κ2) is 7.28. The number of carbonyl (C=O) groups is 1. The first kappa shape index (κ1) is 19.3. The van der Waals surface area contributed by atoms with Crippen LogP contribution in [0.2, 0.25) is 0 Å². The third kappa shape index (κ3) is 3.81. The van der Waals surface area contributed by atoms with Gasteiger partial charge in [0.05, 0.1) is 4.90 Å². The summed E-state index contributed by atoms with van der Waals surface area (Å²) in [5.41, 5.74) is 1.49. The molecule has 2 aromatic carbocycles. The number of nitrogens with zero attached hydrogens (tertiary/aromatic N) is 2. The van der Waals surface area contributed by atoms with Gasteiger partial charge in [0.25, 0.3) is 5.91 Å². The Morgan fingerprint density at radius 3 is 2.48 bits per heavy atom. The molecule has 1 amide bonds. The summed E-state index contributed by atoms with van der Waals surface area (Å²) in [7, 11) is -0.564. The van der Waals surface area contributed by atoms with Crippen LogP contribution in [0.1, 0.15) is 12.5 Å². The summed E-state index contributed by atoms with van der Waals surface area (Å²) in [6, 6.07) is 10.2. The molecule has 0 aromatic heterocycles. The van der Waals surface area contributed by atoms with Crippen molar-refractivity contribution in [3.05, 3.63) is 53.8 Å². The SMILES string of the molecule is C[C@H](Oc1ccc(F)cc1)C(=O)N1CCc2cc(S(=O)(=O)N(C)C)ccc21. The summed E-state index contributed by atoms with van der Waals surface area (Å²) in [4.78, 5) is 14.6. The number of carbonyl (C=O) groups excluding carboxylic acids is 1. The van der Waals surface area contributed by atoms with E-state index in [0.29, 0.717) is 24.4 Å². The van der Waals surface area contributed by atoms with E-state index in [1.807, 2.05) is 0 Å². The highest BCUT2D eigenvalue weighted by atomic mass is 32.2. The lowest BCUT2D eigenvalue weighted by atomic mass is 10.2. The van der Waals surface area contributed by atoms with E-state index in [-0.39, 0.29) is 16.6 Å². The number of fused-ring (bicyclic) bond motifs is 1. The lowest BCUT2D eigenvalue weighted by Crippen LogP contribution is -2.39. The highest BCUT2D eigenvalue weighted by molar-refractivity contribution is 7.89. The maximum Gasteiger partial charge on any atom is 0.267 e. The monoisotopic (exact) mass is 392 g/mol. The van der Waals surface area contributed by atoms with Crippen LogP contribution in [0.4, 0.5) is 10.1 Å². The fourth-order valence-corrected chi connectivity index (χ4v) is 3.92. The van der Waals surface area contributed by atoms with E-state index in [9.17, 15) is 17.6 Å². The first-order valence-electron chi connectivity index (χ1n) is 8.49. The van der Waals surface area contributed by atoms with Gasteiger partial charge in [0.2, 0.25) is 10.0 Å². The molecule has 1 atom stereocenters. The van der Waals surface area contributed by atoms with E-state index in [1.54, 1.807) is 24.0 Å². The lowest BCUT2D eigenvalue weighted by molar-refractivity contribution is -0.124. The zero-order valence-corrected chi connectivity index (χ0v) is 16.2. The highest BCUT2D eigenvalue weighted by Crippen LogP contribution is 2.31. The minimum absolute atomic E-state index is 0.205. The molecule has 1 aliphatic rings. The Labute approximate surface area is 158 Å². The molecular weight excluding hydrogens is 371 g/mol. The van der Waals surface area contributed by atoms with Gasteiger partial charge in [-0.3, -0.25) is 4.79 Å². The first-order valence-corrected chi connectivity index (χ1v) is 9.93. The minimum atomic E-state index is -3.52. The highest BCUT2D eigenvalue weighted by Gasteiger charge is 2.30. The molecule has 2 aromatic rings. The van der Waals surface area contributed by atoms with Gasteiger partial charge in [-0.05, 0) is 61.4 Å². The second-order valence-electron chi connectivity index (χ2n) is 6.53. The van der Waals surface area contributed by atoms with Gasteiger partial charge >= 0.3 is 0 Å². The molecule has 6 nitrogen and oxygen atoms in total. The van der Waals surface area contributed by atoms with Crippen LogP contribution in [-0.2, 0) is 21.2 Å². The number of hydrogen-bond donors (Lipinski definition) is 0. The number of hydrogen-bond acceptors (Lipinski definition) is 4. The lowest BCUT2D eigenvalue weighted by Gasteiger charge is -2.22. The normalized spacial score (nSPS) is 14.9. The summed E-state index contributed by atoms with van der Waals surface area (Å²) < 4.78 is 44.3. The van der Waals surface area contributed by atoms with Crippen LogP contribution < -0.4 is 9.64 Å². The first-order chi connectivity index (χ1) is 12.7. The number of halogens is 1. The number of amides is 1. The Kier molecular flexibility index (Phi) is 5.21. The number of benzene rings is 2. The van der Waals surface area contributed by atoms with Crippen LogP contribution in [0.3, 0.4) is 0 Å². The van der Waals surface area contributed by atoms with Crippen LogP contribution in [0.15, 0.2) is 47.4 Å². The Hall–Kier alpha value is -2.45. The Morgan fingerprint density at radius 1 is 1.19 bits per heavy atom. The molecule has 27 heavy (non-hydrogen) atoms. The predicted octanol–water partition coefficient (Wildman–Crippen LogP) is 2.43. The number of ether oxygens (including phenoxy) is 1. The van der Waals surface area contributed by atoms with E-state index >= 15 is 0 Å². The standard InChI is InChI=1S/C19H21FN2O4S/c1-13(26-16-6-4-15(20)5-7-16)19(23)22-11-10-14-12-17(8-9-18(14)22)27(24,25)21(2)3/h4-9,12-13H,10-11H2,1-3H3/t13-/m0/s1. The van der Waals surface area contributed by atoms with E-state index < -0.39 is 16.1 Å². The molecule has 1 heterocycles. The maximum atomic E-state index is 13.0. The second-order valence-corrected chi connectivity index (χ2v) is 8.68. The molecular formula is C19H21FN2O4S. The van der Waals surface area contributed by atoms with Gasteiger partial charge < -0.3 is 9.64 Å². The van der Waals surface area contributed by atoms with Crippen molar-refractivity contribution in [3.63, 3.8) is 0 Å². The van der Waals surface area contributed by atoms with Crippen molar-refractivity contribution in [1.82, 2.24) is 4.31 Å². The molecule has 144 valence electrons. The van der Waals surface area contributed by atoms with Gasteiger partial charge in [0, 0.05) is 26.3 Å². The summed E-state index contributed by atoms with van der Waals surface area (Å²) in [6.07, 6.45) is -0.187. The average Bonchev–Trinajstić information content (AvgIpc) is 3.06. The summed E-state index contributed by atoms with van der Waals surface area (Å²) in [6.45, 7) is 2.09. The predicted molar refractivity (Wildman–Crippen MR) is 99.9 cm³/mol. The smallest absolute Gasteiger partial charge is 0.267 e. The van der Waals surface area contributed by atoms with Crippen molar-refractivity contribution in [2.75, 3.05) is 25.5 Å². The molecule has 0 aliphatic carbocycles. The zero-order chi connectivity index (χ0) is 19.8. The minimum Gasteiger partial charge on any atom is -0.481 e. The van der Waals surface area contributed by atoms with E-state index in [4.69, 9.17) is 4.74 Å². The van der Waals surface area contributed by atoms with Crippen LogP contribution in [0, 0.1) is 5.82 Å². The molecule has 1 aliphatic heterocycles. The maximum absolute atomic E-state index is 13.0. The molecule has 0 radical (unpaired) electrons. The Balaban J connectivity index is 1.78. The Bertz CT molecular complexity index is 958. The van der Waals surface area contributed by atoms with Crippen molar-refractivity contribution in [1.29, 1.82) is 0 Å². The van der Waals surface area contributed by atoms with E-state index in [0.717, 1.165) is 9.87 Å². The van der Waals surface area contributed by atoms with Crippen molar-refractivity contribution in [2.24, 2.45) is 0 Å². The van der Waals surface area contributed by atoms with Crippen molar-refractivity contribution in [3.8, 4) is 5.75 Å². The molecule has 8 heteroatoms. The van der Waals surface area contributed by atoms with E-state index in [2.05, 4.69) is 0 Å². The number of anilines is 1. The van der Waals surface area contributed by atoms with Gasteiger partial charge in [0.15, 0.2) is 6.10 Å². The summed E-state index contributed by atoms with van der Waals surface area (Å²) in [5, 5.41) is 0. The van der Waals surface area contributed by atoms with Crippen LogP contribution in [0.5, 0.6) is 5.75 Å². The van der Waals surface area contributed by atoms with Gasteiger partial charge in [-0.25, -0.2) is 17.1 Å². The topological polar surface area (TPSA) is 66.9 Å². The number of sulfonamides is 1. The zero-order valence-electron chi connectivity index (χ0n) is 15.3. The van der Waals surface area contributed by atoms with Crippen LogP contribution in [0.25, 0.3) is 0 Å². The fourth-order valence-electron chi connectivity index (χ4n) is 2.97. The summed E-state index contributed by atoms with van der Waals surface area (Å²) >= 11 is 0. The third-order valence-corrected chi connectivity index (χ3v) is 6.28. The number of rotatable bonds is 5. The van der Waals surface area contributed by atoms with Crippen LogP contribution in [-0.4, -0.2) is 45.4 Å². The van der Waals surface area contributed by atoms with Crippen LogP contribution >= 0.6 is 0 Å². The molecule has 0 fully saturated rings. The van der Waals surface area contributed by atoms with Crippen molar-refractivity contribution < 1.29 is 22.3 Å². The molecule has 0 bridgehead atoms. The molecule has 0 spiro atoms. The fraction of sp³-hybridized carbons (Fsp3) is 0.316. The van der Waals surface area contributed by atoms with Gasteiger partial charge in [-0.15, -0.1) is 0 Å². The van der Waals surface area contributed by atoms with Gasteiger partial charge in [0.1, 0.15) is 11.6 Å². The Morgan fingerprint density at radius 2 is 1.85 bits per heavy atom. The van der Waals surface area contributed by atoms with E-state index in [1.165, 1.54) is 44.4 Å². The van der Waals surface area contributed by atoms with Gasteiger partial charge in [-0.2, -0.15) is 0 Å². The molecule has 3 rings (SSSR count). The molecule has 0 saturated heterocycles. The summed E-state index contributed by atoms with van der Waals surface area (Å²) in [5.74, 6) is -0.205. The molecule has 0 N–H and O–H groups in total. The van der Waals surface area contributed by atoms with Crippen molar-refractivity contribution >= 4 is 21.6 Å². The largest absolute Gasteiger partial charge is 0.481 e. The van der Waals surface area contributed by atoms with Crippen molar-refractivity contribution in [2.45, 2.75) is 24.3 Å². The molecule has 0 unspecified atom stereocenters. The quantitative estimate of drug-likeness (QED) is 0.784. The average molecular weight is 392 g/mol. The molecule has 0 saturated carbocycles. The van der Waals surface area contributed by atoms with Gasteiger partial charge in [-0.1, -0.05) is 0 Å².